The van der Waals surface area contributed by atoms with Gasteiger partial charge in [-0.1, -0.05) is 301 Å². The fraction of sp³-hybridized carbons (Fsp3) is 0.682. The van der Waals surface area contributed by atoms with Crippen LogP contribution < -0.4 is 0 Å². The third-order valence-electron chi connectivity index (χ3n) is 16.5. The number of phosphoric ester groups is 2. The molecule has 0 saturated heterocycles. The lowest BCUT2D eigenvalue weighted by Gasteiger charge is -2.21. The summed E-state index contributed by atoms with van der Waals surface area (Å²) >= 11 is 0. The second kappa shape index (κ2) is 77.1. The first-order valence-corrected chi connectivity index (χ1v) is 43.1. The van der Waals surface area contributed by atoms with E-state index in [0.717, 1.165) is 161 Å². The molecule has 18 heteroatoms. The maximum absolute atomic E-state index is 13.0. The highest BCUT2D eigenvalue weighted by Crippen LogP contribution is 2.45. The number of unbranched alkanes of at least 4 members (excludes halogenated alkanes) is 28. The number of esters is 3. The zero-order valence-corrected chi connectivity index (χ0v) is 66.2. The highest BCUT2D eigenvalue weighted by Gasteiger charge is 2.29. The minimum Gasteiger partial charge on any atom is -0.463 e. The van der Waals surface area contributed by atoms with Crippen LogP contribution in [0, 0.1) is 0 Å². The summed E-state index contributed by atoms with van der Waals surface area (Å²) in [6, 6.07) is 0. The smallest absolute Gasteiger partial charge is 0.463 e. The van der Waals surface area contributed by atoms with Crippen molar-refractivity contribution < 1.29 is 75.8 Å². The van der Waals surface area contributed by atoms with E-state index in [2.05, 4.69) is 167 Å². The van der Waals surface area contributed by atoms with Gasteiger partial charge in [-0.2, -0.15) is 0 Å². The SMILES string of the molecule is CC/C=C\C/C=C\C/C=C\C/C=C\C/C=C\CCCCCCCCCCCCCCCCCC(=O)OCC(O)COP(=O)(O)OCC(O)COP(=O)(O)OCC(COC(=O)CCCCCCC/C=C\C/C=C\C/C=C\C/C=C\C/C=C\CC)OC(=O)CCCCCCC/C=C\C/C=C\CCCCC. The monoisotopic (exact) mass is 1480 g/mol. The highest BCUT2D eigenvalue weighted by molar-refractivity contribution is 7.47. The minimum absolute atomic E-state index is 0.0808. The zero-order chi connectivity index (χ0) is 75.2. The predicted molar refractivity (Wildman–Crippen MR) is 426 cm³/mol. The van der Waals surface area contributed by atoms with Gasteiger partial charge in [0.1, 0.15) is 25.4 Å². The summed E-state index contributed by atoms with van der Waals surface area (Å²) in [6.07, 6.45) is 94.7. The summed E-state index contributed by atoms with van der Waals surface area (Å²) in [7, 11) is -9.80. The number of hydrogen-bond donors (Lipinski definition) is 4. The van der Waals surface area contributed by atoms with E-state index in [9.17, 15) is 43.5 Å². The number of aliphatic hydroxyl groups is 2. The first kappa shape index (κ1) is 98.4. The van der Waals surface area contributed by atoms with Gasteiger partial charge in [0.2, 0.25) is 0 Å². The normalized spacial score (nSPS) is 14.7. The van der Waals surface area contributed by atoms with Gasteiger partial charge in [0.05, 0.1) is 26.4 Å². The van der Waals surface area contributed by atoms with Gasteiger partial charge in [-0.15, -0.1) is 0 Å². The molecule has 0 heterocycles. The molecule has 0 aromatic heterocycles. The third kappa shape index (κ3) is 78.3. The molecule has 16 nitrogen and oxygen atoms in total. The van der Waals surface area contributed by atoms with Gasteiger partial charge < -0.3 is 34.2 Å². The number of rotatable bonds is 75. The molecule has 0 bridgehead atoms. The van der Waals surface area contributed by atoms with Gasteiger partial charge in [-0.25, -0.2) is 9.13 Å². The first-order valence-electron chi connectivity index (χ1n) is 40.1. The number of ether oxygens (including phenoxy) is 3. The van der Waals surface area contributed by atoms with Crippen molar-refractivity contribution in [3.63, 3.8) is 0 Å². The van der Waals surface area contributed by atoms with Crippen LogP contribution in [0.3, 0.4) is 0 Å². The van der Waals surface area contributed by atoms with Crippen LogP contribution >= 0.6 is 15.6 Å². The number of allylic oxidation sites excluding steroid dienone is 24. The second-order valence-electron chi connectivity index (χ2n) is 26.5. The molecule has 0 spiro atoms. The van der Waals surface area contributed by atoms with E-state index in [-0.39, 0.29) is 19.3 Å². The summed E-state index contributed by atoms with van der Waals surface area (Å²) in [5.74, 6) is -1.61. The molecule has 0 amide bonds. The number of hydrogen-bond acceptors (Lipinski definition) is 14. The molecule has 0 rings (SSSR count). The van der Waals surface area contributed by atoms with Crippen molar-refractivity contribution in [1.82, 2.24) is 0 Å². The maximum atomic E-state index is 13.0. The first-order chi connectivity index (χ1) is 50.2. The summed E-state index contributed by atoms with van der Waals surface area (Å²) in [5.41, 5.74) is 0. The van der Waals surface area contributed by atoms with E-state index in [4.69, 9.17) is 32.3 Å². The molecule has 590 valence electrons. The number of aliphatic hydroxyl groups excluding tert-OH is 2. The molecule has 0 aliphatic heterocycles. The molecule has 5 atom stereocenters. The summed E-state index contributed by atoms with van der Waals surface area (Å²) in [4.78, 5) is 58.7. The van der Waals surface area contributed by atoms with Crippen molar-refractivity contribution in [3.8, 4) is 0 Å². The lowest BCUT2D eigenvalue weighted by atomic mass is 10.0. The van der Waals surface area contributed by atoms with Crippen molar-refractivity contribution >= 4 is 33.6 Å². The van der Waals surface area contributed by atoms with E-state index >= 15 is 0 Å². The van der Waals surface area contributed by atoms with Crippen molar-refractivity contribution in [3.05, 3.63) is 146 Å². The largest absolute Gasteiger partial charge is 0.472 e. The fourth-order valence-electron chi connectivity index (χ4n) is 10.5. The molecule has 0 aromatic carbocycles. The molecular formula is C85H144O16P2. The van der Waals surface area contributed by atoms with E-state index < -0.39 is 91.5 Å². The van der Waals surface area contributed by atoms with E-state index in [1.165, 1.54) is 96.3 Å². The molecule has 103 heavy (non-hydrogen) atoms. The number of carbonyl (C=O) groups is 3. The van der Waals surface area contributed by atoms with Crippen molar-refractivity contribution in [1.29, 1.82) is 0 Å². The van der Waals surface area contributed by atoms with Crippen LogP contribution in [0.1, 0.15) is 316 Å². The van der Waals surface area contributed by atoms with E-state index in [1.54, 1.807) is 0 Å². The molecule has 4 N–H and O–H groups in total. The van der Waals surface area contributed by atoms with Gasteiger partial charge in [-0.3, -0.25) is 32.5 Å². The number of carbonyl (C=O) groups excluding carboxylic acids is 3. The molecule has 0 saturated carbocycles. The summed E-state index contributed by atoms with van der Waals surface area (Å²) in [5, 5.41) is 20.6. The molecule has 0 fully saturated rings. The Labute approximate surface area is 626 Å². The van der Waals surface area contributed by atoms with Crippen molar-refractivity contribution in [2.24, 2.45) is 0 Å². The zero-order valence-electron chi connectivity index (χ0n) is 64.4. The van der Waals surface area contributed by atoms with Crippen molar-refractivity contribution in [2.45, 2.75) is 334 Å². The average molecular weight is 1480 g/mol. The lowest BCUT2D eigenvalue weighted by Crippen LogP contribution is -2.30. The Kier molecular flexibility index (Phi) is 73.6. The quantitative estimate of drug-likeness (QED) is 0.0146. The fourth-order valence-corrected chi connectivity index (χ4v) is 12.1. The van der Waals surface area contributed by atoms with Crippen LogP contribution in [0.2, 0.25) is 0 Å². The Morgan fingerprint density at radius 1 is 0.282 bits per heavy atom. The average Bonchev–Trinajstić information content (AvgIpc) is 0.922. The Morgan fingerprint density at radius 3 is 0.816 bits per heavy atom. The Morgan fingerprint density at radius 2 is 0.515 bits per heavy atom. The molecule has 0 aliphatic rings. The van der Waals surface area contributed by atoms with Gasteiger partial charge in [0.25, 0.3) is 0 Å². The van der Waals surface area contributed by atoms with E-state index in [1.807, 2.05) is 0 Å². The van der Waals surface area contributed by atoms with Gasteiger partial charge >= 0.3 is 33.6 Å². The highest BCUT2D eigenvalue weighted by atomic mass is 31.2. The van der Waals surface area contributed by atoms with Gasteiger partial charge in [0, 0.05) is 19.3 Å². The van der Waals surface area contributed by atoms with Gasteiger partial charge in [0.15, 0.2) is 6.10 Å². The Balaban J connectivity index is 4.51. The van der Waals surface area contributed by atoms with Crippen LogP contribution in [0.25, 0.3) is 0 Å². The van der Waals surface area contributed by atoms with Crippen LogP contribution in [-0.2, 0) is 55.8 Å². The lowest BCUT2D eigenvalue weighted by molar-refractivity contribution is -0.161. The molecule has 0 aliphatic carbocycles. The Hall–Kier alpha value is -4.57. The van der Waals surface area contributed by atoms with Crippen LogP contribution in [0.4, 0.5) is 0 Å². The molecule has 5 unspecified atom stereocenters. The van der Waals surface area contributed by atoms with Crippen LogP contribution in [-0.4, -0.2) is 95.9 Å². The van der Waals surface area contributed by atoms with E-state index in [0.29, 0.717) is 19.3 Å². The van der Waals surface area contributed by atoms with Crippen LogP contribution in [0.5, 0.6) is 0 Å². The van der Waals surface area contributed by atoms with Crippen LogP contribution in [0.15, 0.2) is 146 Å². The maximum Gasteiger partial charge on any atom is 0.472 e. The summed E-state index contributed by atoms with van der Waals surface area (Å²) < 4.78 is 61.1. The predicted octanol–water partition coefficient (Wildman–Crippen LogP) is 23.7. The minimum atomic E-state index is -4.94. The molecule has 0 radical (unpaired) electrons. The standard InChI is InChI=1S/C85H144O16P2/c1-4-7-10-13-16-19-22-25-28-30-32-34-35-36-37-38-39-40-41-42-43-45-47-48-51-53-56-59-62-65-68-71-83(88)95-74-80(86)75-97-102(91,92)98-76-81(87)77-99-103(93,94)100-79-82(101-85(90)73-70-67-64-61-58-55-50-27-24-21-18-15-12-9-6-3)78-96-84(89)72-69-66-63-60-57-54-52-49-46-44-33-31-29-26-23-20-17-14-11-8-5-2/h7-8,10-11,16-21,25-29,32-34,36-37,44,49-50,52,80-82,86-87H,4-6,9,12-15,22-24,30-31,35,38-43,45-48,51,53-79H2,1-3H3,(H,91,92)(H,93,94)/b10-7-,11-8-,19-16-,20-17-,21-18-,28-25-,29-26-,34-32-,37-36-,44-33-,50-27-,52-49-. The molecular weight excluding hydrogens is 1340 g/mol. The number of phosphoric acid groups is 2. The van der Waals surface area contributed by atoms with Crippen molar-refractivity contribution in [2.75, 3.05) is 39.6 Å². The second-order valence-corrected chi connectivity index (χ2v) is 29.4. The van der Waals surface area contributed by atoms with Gasteiger partial charge in [-0.05, 0) is 141 Å². The third-order valence-corrected chi connectivity index (χ3v) is 18.4. The summed E-state index contributed by atoms with van der Waals surface area (Å²) in [6.45, 7) is 2.40. The Bertz CT molecular complexity index is 2450. The molecule has 0 aromatic rings. The topological polar surface area (TPSA) is 231 Å².